The molecule has 1 aromatic heterocycles. The van der Waals surface area contributed by atoms with Crippen LogP contribution in [-0.4, -0.2) is 40.8 Å². The van der Waals surface area contributed by atoms with Crippen LogP contribution in [-0.2, 0) is 4.79 Å². The van der Waals surface area contributed by atoms with E-state index in [4.69, 9.17) is 0 Å². The number of rotatable bonds is 2. The molecule has 1 aromatic rings. The molecule has 1 atom stereocenters. The molecule has 0 aromatic carbocycles. The molecule has 0 bridgehead atoms. The van der Waals surface area contributed by atoms with E-state index >= 15 is 0 Å². The van der Waals surface area contributed by atoms with Crippen molar-refractivity contribution in [3.8, 4) is 0 Å². The highest BCUT2D eigenvalue weighted by Crippen LogP contribution is 2.38. The number of alkyl halides is 3. The van der Waals surface area contributed by atoms with Gasteiger partial charge in [0, 0.05) is 25.9 Å². The zero-order valence-electron chi connectivity index (χ0n) is 11.0. The number of carbonyl (C=O) groups excluding carboxylic acids is 1. The minimum Gasteiger partial charge on any atom is -0.380 e. The van der Waals surface area contributed by atoms with Gasteiger partial charge in [0.05, 0.1) is 5.92 Å². The Bertz CT molecular complexity index is 464. The molecule has 1 saturated heterocycles. The lowest BCUT2D eigenvalue weighted by molar-refractivity contribution is -0.272. The summed E-state index contributed by atoms with van der Waals surface area (Å²) in [5.74, 6) is -0.550. The van der Waals surface area contributed by atoms with Crippen molar-refractivity contribution < 1.29 is 23.1 Å². The predicted octanol–water partition coefficient (Wildman–Crippen LogP) is 2.77. The summed E-state index contributed by atoms with van der Waals surface area (Å²) < 4.78 is 38.1. The average molecular weight is 307 g/mol. The third-order valence-electron chi connectivity index (χ3n) is 3.84. The Balaban J connectivity index is 1.99. The number of halogens is 3. The van der Waals surface area contributed by atoms with E-state index in [2.05, 4.69) is 0 Å². The molecule has 3 nitrogen and oxygen atoms in total. The fraction of sp³-hybridized carbons (Fsp3) is 0.615. The molecule has 0 aliphatic carbocycles. The van der Waals surface area contributed by atoms with E-state index in [9.17, 15) is 23.1 Å². The number of nitrogens with zero attached hydrogens (tertiary/aromatic N) is 1. The van der Waals surface area contributed by atoms with Gasteiger partial charge in [0.25, 0.3) is 0 Å². The van der Waals surface area contributed by atoms with Gasteiger partial charge in [0.15, 0.2) is 5.60 Å². The molecule has 112 valence electrons. The number of carbonyl (C=O) groups is 1. The highest BCUT2D eigenvalue weighted by molar-refractivity contribution is 7.08. The normalized spacial score (nSPS) is 20.8. The van der Waals surface area contributed by atoms with Crippen LogP contribution in [0.3, 0.4) is 0 Å². The summed E-state index contributed by atoms with van der Waals surface area (Å²) in [5.41, 5.74) is -1.79. The van der Waals surface area contributed by atoms with Gasteiger partial charge in [-0.2, -0.15) is 24.5 Å². The largest absolute Gasteiger partial charge is 0.417 e. The Morgan fingerprint density at radius 1 is 1.45 bits per heavy atom. The second-order valence-corrected chi connectivity index (χ2v) is 5.91. The molecular formula is C13H16F3NO2S. The third kappa shape index (κ3) is 2.83. The van der Waals surface area contributed by atoms with Gasteiger partial charge in [-0.05, 0) is 29.3 Å². The van der Waals surface area contributed by atoms with Crippen LogP contribution < -0.4 is 0 Å². The summed E-state index contributed by atoms with van der Waals surface area (Å²) in [6.45, 7) is 1.61. The van der Waals surface area contributed by atoms with Crippen LogP contribution in [0.5, 0.6) is 0 Å². The van der Waals surface area contributed by atoms with Gasteiger partial charge in [-0.3, -0.25) is 4.79 Å². The quantitative estimate of drug-likeness (QED) is 0.913. The topological polar surface area (TPSA) is 40.5 Å². The van der Waals surface area contributed by atoms with Gasteiger partial charge in [-0.25, -0.2) is 0 Å². The maximum absolute atomic E-state index is 12.7. The average Bonchev–Trinajstić information content (AvgIpc) is 2.90. The van der Waals surface area contributed by atoms with Gasteiger partial charge in [0.2, 0.25) is 5.91 Å². The van der Waals surface area contributed by atoms with Crippen molar-refractivity contribution in [2.45, 2.75) is 37.5 Å². The number of likely N-dealkylation sites (tertiary alicyclic amines) is 1. The first kappa shape index (κ1) is 15.3. The lowest BCUT2D eigenvalue weighted by atomic mass is 9.90. The van der Waals surface area contributed by atoms with Crippen molar-refractivity contribution in [2.75, 3.05) is 13.1 Å². The molecule has 1 unspecified atom stereocenters. The van der Waals surface area contributed by atoms with Gasteiger partial charge < -0.3 is 10.0 Å². The van der Waals surface area contributed by atoms with E-state index in [0.29, 0.717) is 0 Å². The summed E-state index contributed by atoms with van der Waals surface area (Å²) in [5, 5.41) is 13.3. The molecule has 0 saturated carbocycles. The highest BCUT2D eigenvalue weighted by Gasteiger charge is 2.55. The predicted molar refractivity (Wildman–Crippen MR) is 69.6 cm³/mol. The molecule has 1 aliphatic heterocycles. The molecule has 2 heterocycles. The summed E-state index contributed by atoms with van der Waals surface area (Å²) in [6, 6.07) is 1.84. The SMILES string of the molecule is CC(C(=O)N1CCC(O)(C(F)(F)F)CC1)c1ccsc1. The van der Waals surface area contributed by atoms with E-state index in [0.717, 1.165) is 5.56 Å². The van der Waals surface area contributed by atoms with Crippen molar-refractivity contribution in [1.82, 2.24) is 4.90 Å². The van der Waals surface area contributed by atoms with Gasteiger partial charge >= 0.3 is 6.18 Å². The summed E-state index contributed by atoms with van der Waals surface area (Å²) in [7, 11) is 0. The van der Waals surface area contributed by atoms with Crippen LogP contribution in [0.2, 0.25) is 0 Å². The number of amides is 1. The fourth-order valence-corrected chi connectivity index (χ4v) is 3.07. The number of aliphatic hydroxyl groups is 1. The smallest absolute Gasteiger partial charge is 0.380 e. The second-order valence-electron chi connectivity index (χ2n) is 5.13. The third-order valence-corrected chi connectivity index (χ3v) is 4.55. The van der Waals surface area contributed by atoms with Crippen molar-refractivity contribution in [1.29, 1.82) is 0 Å². The zero-order chi connectivity index (χ0) is 15.0. The van der Waals surface area contributed by atoms with E-state index < -0.39 is 24.6 Å². The van der Waals surface area contributed by atoms with Crippen molar-refractivity contribution in [3.63, 3.8) is 0 Å². The minimum absolute atomic E-state index is 0.0662. The highest BCUT2D eigenvalue weighted by atomic mass is 32.1. The van der Waals surface area contributed by atoms with Crippen LogP contribution in [0.15, 0.2) is 16.8 Å². The lowest BCUT2D eigenvalue weighted by Gasteiger charge is -2.39. The van der Waals surface area contributed by atoms with Crippen molar-refractivity contribution >= 4 is 17.2 Å². The molecular weight excluding hydrogens is 291 g/mol. The maximum Gasteiger partial charge on any atom is 0.417 e. The van der Waals surface area contributed by atoms with Crippen LogP contribution in [0.25, 0.3) is 0 Å². The zero-order valence-corrected chi connectivity index (χ0v) is 11.8. The van der Waals surface area contributed by atoms with E-state index in [-0.39, 0.29) is 24.9 Å². The minimum atomic E-state index is -4.64. The Labute approximate surface area is 119 Å². The second kappa shape index (κ2) is 5.37. The molecule has 20 heavy (non-hydrogen) atoms. The number of piperidine rings is 1. The first-order valence-electron chi connectivity index (χ1n) is 6.34. The van der Waals surface area contributed by atoms with Gasteiger partial charge in [-0.15, -0.1) is 0 Å². The monoisotopic (exact) mass is 307 g/mol. The molecule has 1 aliphatic rings. The molecule has 1 fully saturated rings. The molecule has 2 rings (SSSR count). The summed E-state index contributed by atoms with van der Waals surface area (Å²) in [6.07, 6.45) is -5.56. The van der Waals surface area contributed by atoms with E-state index in [1.807, 2.05) is 16.8 Å². The van der Waals surface area contributed by atoms with Gasteiger partial charge in [0.1, 0.15) is 0 Å². The van der Waals surface area contributed by atoms with Crippen LogP contribution >= 0.6 is 11.3 Å². The molecule has 0 radical (unpaired) electrons. The number of thiophene rings is 1. The van der Waals surface area contributed by atoms with Crippen LogP contribution in [0, 0.1) is 0 Å². The maximum atomic E-state index is 12.7. The Morgan fingerprint density at radius 3 is 2.50 bits per heavy atom. The Morgan fingerprint density at radius 2 is 2.05 bits per heavy atom. The Kier molecular flexibility index (Phi) is 4.11. The summed E-state index contributed by atoms with van der Waals surface area (Å²) in [4.78, 5) is 13.6. The number of hydrogen-bond acceptors (Lipinski definition) is 3. The summed E-state index contributed by atoms with van der Waals surface area (Å²) >= 11 is 1.48. The van der Waals surface area contributed by atoms with E-state index in [1.54, 1.807) is 6.92 Å². The lowest BCUT2D eigenvalue weighted by Crippen LogP contribution is -2.54. The fourth-order valence-electron chi connectivity index (χ4n) is 2.32. The first-order chi connectivity index (χ1) is 9.24. The molecule has 1 amide bonds. The first-order valence-corrected chi connectivity index (χ1v) is 7.29. The molecule has 7 heteroatoms. The number of hydrogen-bond donors (Lipinski definition) is 1. The van der Waals surface area contributed by atoms with Crippen LogP contribution in [0.1, 0.15) is 31.2 Å². The van der Waals surface area contributed by atoms with Crippen molar-refractivity contribution in [3.05, 3.63) is 22.4 Å². The van der Waals surface area contributed by atoms with Gasteiger partial charge in [-0.1, -0.05) is 0 Å². The Hall–Kier alpha value is -1.08. The van der Waals surface area contributed by atoms with E-state index in [1.165, 1.54) is 16.2 Å². The standard InChI is InChI=1S/C13H16F3NO2S/c1-9(10-2-7-20-8-10)11(18)17-5-3-12(19,4-6-17)13(14,15)16/h2,7-9,19H,3-6H2,1H3. The van der Waals surface area contributed by atoms with Crippen LogP contribution in [0.4, 0.5) is 13.2 Å². The molecule has 1 N–H and O–H groups in total. The molecule has 0 spiro atoms. The van der Waals surface area contributed by atoms with Crippen molar-refractivity contribution in [2.24, 2.45) is 0 Å².